The highest BCUT2D eigenvalue weighted by atomic mass is 35.5. The molecule has 1 rings (SSSR count). The van der Waals surface area contributed by atoms with Crippen molar-refractivity contribution < 1.29 is 12.6 Å². The number of benzene rings is 1. The third-order valence-electron chi connectivity index (χ3n) is 2.06. The van der Waals surface area contributed by atoms with Crippen LogP contribution >= 0.6 is 23.2 Å². The quantitative estimate of drug-likeness (QED) is 0.515. The van der Waals surface area contributed by atoms with Gasteiger partial charge < -0.3 is 5.73 Å². The topological polar surface area (TPSA) is 69.4 Å². The fourth-order valence-electron chi connectivity index (χ4n) is 1.11. The largest absolute Gasteiger partial charge is 0.397 e. The van der Waals surface area contributed by atoms with E-state index in [1.807, 2.05) is 6.92 Å². The monoisotopic (exact) mass is 297 g/mol. The Kier molecular flexibility index (Phi) is 5.06. The molecule has 17 heavy (non-hydrogen) atoms. The third-order valence-corrected chi connectivity index (χ3v) is 4.16. The molecule has 0 fully saturated rings. The Bertz CT molecular complexity index is 503. The number of nitrogen functional groups attached to an aromatic ring is 1. The van der Waals surface area contributed by atoms with Crippen molar-refractivity contribution in [1.29, 1.82) is 0 Å². The van der Waals surface area contributed by atoms with Gasteiger partial charge in [0.1, 0.15) is 4.90 Å². The van der Waals surface area contributed by atoms with E-state index >= 15 is 0 Å². The highest BCUT2D eigenvalue weighted by molar-refractivity contribution is 7.86. The molecule has 0 radical (unpaired) electrons. The van der Waals surface area contributed by atoms with Crippen LogP contribution in [0.15, 0.2) is 17.0 Å². The molecule has 1 aromatic rings. The minimum atomic E-state index is -3.87. The maximum absolute atomic E-state index is 11.8. The lowest BCUT2D eigenvalue weighted by Crippen LogP contribution is -2.08. The predicted molar refractivity (Wildman–Crippen MR) is 68.9 cm³/mol. The lowest BCUT2D eigenvalue weighted by molar-refractivity contribution is 0.311. The van der Waals surface area contributed by atoms with Gasteiger partial charge in [-0.05, 0) is 18.6 Å². The first-order valence-electron chi connectivity index (χ1n) is 5.02. The minimum Gasteiger partial charge on any atom is -0.397 e. The summed E-state index contributed by atoms with van der Waals surface area (Å²) in [7, 11) is -3.87. The van der Waals surface area contributed by atoms with Crippen molar-refractivity contribution in [3.05, 3.63) is 22.2 Å². The lowest BCUT2D eigenvalue weighted by Gasteiger charge is -2.08. The third kappa shape index (κ3) is 3.74. The van der Waals surface area contributed by atoms with Crippen LogP contribution in [0.1, 0.15) is 19.8 Å². The molecule has 0 heterocycles. The molecule has 0 amide bonds. The Labute approximate surface area is 111 Å². The second kappa shape index (κ2) is 5.91. The molecular formula is C10H13Cl2NO3S. The average Bonchev–Trinajstić information content (AvgIpc) is 2.23. The first kappa shape index (κ1) is 14.6. The van der Waals surface area contributed by atoms with E-state index in [0.717, 1.165) is 6.42 Å². The summed E-state index contributed by atoms with van der Waals surface area (Å²) in [4.78, 5) is -0.158. The number of halogens is 2. The van der Waals surface area contributed by atoms with Crippen LogP contribution in [0.2, 0.25) is 10.0 Å². The van der Waals surface area contributed by atoms with E-state index in [0.29, 0.717) is 6.42 Å². The van der Waals surface area contributed by atoms with Crippen molar-refractivity contribution in [2.24, 2.45) is 0 Å². The standard InChI is InChI=1S/C10H13Cl2NO3S/c1-2-3-4-16-17(14,15)10-6-7(11)9(13)5-8(10)12/h5-6H,2-4,13H2,1H3. The van der Waals surface area contributed by atoms with Crippen LogP contribution in [-0.2, 0) is 14.3 Å². The summed E-state index contributed by atoms with van der Waals surface area (Å²) in [6.07, 6.45) is 1.49. The van der Waals surface area contributed by atoms with Gasteiger partial charge in [-0.15, -0.1) is 0 Å². The van der Waals surface area contributed by atoms with Crippen LogP contribution in [0.5, 0.6) is 0 Å². The van der Waals surface area contributed by atoms with Gasteiger partial charge in [-0.2, -0.15) is 8.42 Å². The zero-order chi connectivity index (χ0) is 13.1. The van der Waals surface area contributed by atoms with E-state index in [9.17, 15) is 8.42 Å². The summed E-state index contributed by atoms with van der Waals surface area (Å²) >= 11 is 11.6. The number of hydrogen-bond donors (Lipinski definition) is 1. The van der Waals surface area contributed by atoms with Gasteiger partial charge in [0.2, 0.25) is 0 Å². The number of anilines is 1. The van der Waals surface area contributed by atoms with E-state index in [1.165, 1.54) is 12.1 Å². The van der Waals surface area contributed by atoms with Crippen LogP contribution in [0.3, 0.4) is 0 Å². The Morgan fingerprint density at radius 2 is 1.94 bits per heavy atom. The molecule has 96 valence electrons. The molecule has 0 atom stereocenters. The zero-order valence-corrected chi connectivity index (χ0v) is 11.6. The molecule has 2 N–H and O–H groups in total. The summed E-state index contributed by atoms with van der Waals surface area (Å²) in [6, 6.07) is 2.49. The molecule has 0 unspecified atom stereocenters. The van der Waals surface area contributed by atoms with Gasteiger partial charge >= 0.3 is 0 Å². The van der Waals surface area contributed by atoms with Crippen molar-refractivity contribution in [1.82, 2.24) is 0 Å². The Morgan fingerprint density at radius 1 is 1.29 bits per heavy atom. The molecule has 0 aliphatic rings. The predicted octanol–water partition coefficient (Wildman–Crippen LogP) is 3.08. The summed E-state index contributed by atoms with van der Waals surface area (Å²) in [5.74, 6) is 0. The minimum absolute atomic E-state index is 0.00315. The fourth-order valence-corrected chi connectivity index (χ4v) is 2.82. The van der Waals surface area contributed by atoms with Gasteiger partial charge in [0.25, 0.3) is 10.1 Å². The van der Waals surface area contributed by atoms with E-state index in [-0.39, 0.29) is 27.2 Å². The molecule has 0 aliphatic heterocycles. The first-order chi connectivity index (χ1) is 7.88. The summed E-state index contributed by atoms with van der Waals surface area (Å²) in [5.41, 5.74) is 5.73. The van der Waals surface area contributed by atoms with Crippen molar-refractivity contribution in [2.45, 2.75) is 24.7 Å². The highest BCUT2D eigenvalue weighted by Gasteiger charge is 2.20. The van der Waals surface area contributed by atoms with Gasteiger partial charge in [0.05, 0.1) is 22.3 Å². The molecule has 1 aromatic carbocycles. The van der Waals surface area contributed by atoms with Crippen LogP contribution in [0.25, 0.3) is 0 Å². The van der Waals surface area contributed by atoms with Crippen molar-refractivity contribution in [3.8, 4) is 0 Å². The molecule has 7 heteroatoms. The molecule has 0 aliphatic carbocycles. The number of rotatable bonds is 5. The van der Waals surface area contributed by atoms with Gasteiger partial charge in [-0.25, -0.2) is 0 Å². The van der Waals surface area contributed by atoms with Crippen LogP contribution < -0.4 is 5.73 Å². The average molecular weight is 298 g/mol. The molecule has 0 aromatic heterocycles. The Hall–Kier alpha value is -0.490. The van der Waals surface area contributed by atoms with Crippen molar-refractivity contribution >= 4 is 39.0 Å². The number of nitrogens with two attached hydrogens (primary N) is 1. The van der Waals surface area contributed by atoms with Gasteiger partial charge in [0.15, 0.2) is 0 Å². The van der Waals surface area contributed by atoms with Gasteiger partial charge in [-0.1, -0.05) is 36.5 Å². The summed E-state index contributed by atoms with van der Waals surface area (Å²) in [5, 5.41) is 0.135. The Morgan fingerprint density at radius 3 is 2.53 bits per heavy atom. The van der Waals surface area contributed by atoms with Crippen molar-refractivity contribution in [2.75, 3.05) is 12.3 Å². The van der Waals surface area contributed by atoms with E-state index < -0.39 is 10.1 Å². The normalized spacial score (nSPS) is 11.7. The van der Waals surface area contributed by atoms with E-state index in [4.69, 9.17) is 33.1 Å². The van der Waals surface area contributed by atoms with E-state index in [1.54, 1.807) is 0 Å². The SMILES string of the molecule is CCCCOS(=O)(=O)c1cc(Cl)c(N)cc1Cl. The molecule has 0 bridgehead atoms. The lowest BCUT2D eigenvalue weighted by atomic mass is 10.3. The van der Waals surface area contributed by atoms with Crippen LogP contribution in [-0.4, -0.2) is 15.0 Å². The number of hydrogen-bond acceptors (Lipinski definition) is 4. The molecule has 0 saturated carbocycles. The first-order valence-corrected chi connectivity index (χ1v) is 7.19. The second-order valence-corrected chi connectivity index (χ2v) is 5.83. The van der Waals surface area contributed by atoms with Gasteiger partial charge in [0, 0.05) is 0 Å². The molecule has 0 saturated heterocycles. The van der Waals surface area contributed by atoms with Crippen LogP contribution in [0, 0.1) is 0 Å². The smallest absolute Gasteiger partial charge is 0.298 e. The maximum Gasteiger partial charge on any atom is 0.298 e. The number of unbranched alkanes of at least 4 members (excludes halogenated alkanes) is 1. The van der Waals surface area contributed by atoms with Crippen molar-refractivity contribution in [3.63, 3.8) is 0 Å². The highest BCUT2D eigenvalue weighted by Crippen LogP contribution is 2.31. The summed E-state index contributed by atoms with van der Waals surface area (Å²) in [6.45, 7) is 2.06. The molecular weight excluding hydrogens is 285 g/mol. The Balaban J connectivity index is 3.03. The van der Waals surface area contributed by atoms with Gasteiger partial charge in [-0.3, -0.25) is 4.18 Å². The second-order valence-electron chi connectivity index (χ2n) is 3.43. The molecule has 0 spiro atoms. The summed E-state index contributed by atoms with van der Waals surface area (Å²) < 4.78 is 28.4. The maximum atomic E-state index is 11.8. The zero-order valence-electron chi connectivity index (χ0n) is 9.24. The molecule has 4 nitrogen and oxygen atoms in total. The van der Waals surface area contributed by atoms with Crippen LogP contribution in [0.4, 0.5) is 5.69 Å². The van der Waals surface area contributed by atoms with E-state index in [2.05, 4.69) is 0 Å². The fraction of sp³-hybridized carbons (Fsp3) is 0.400.